The highest BCUT2D eigenvalue weighted by Crippen LogP contribution is 2.52. The van der Waals surface area contributed by atoms with Gasteiger partial charge in [0.05, 0.1) is 0 Å². The standard InChI is InChI=1S/C48H36/c1-47(2)42-12-8-7-11-37(42)38-22-20-34(27-43(38)47)35-21-24-40-39-23-19-33(26-44(39)48(3,4)45(40)28-35)32-18-15-30-14-17-31-16-13-29-9-5-6-10-36(29)46(31)41(30)25-32/h5-28H,1-4H3. The van der Waals surface area contributed by atoms with Crippen molar-refractivity contribution in [3.8, 4) is 44.5 Å². The van der Waals surface area contributed by atoms with Gasteiger partial charge in [-0.15, -0.1) is 0 Å². The lowest BCUT2D eigenvalue weighted by molar-refractivity contribution is 0.659. The molecule has 0 bridgehead atoms. The summed E-state index contributed by atoms with van der Waals surface area (Å²) in [5, 5.41) is 7.82. The van der Waals surface area contributed by atoms with Crippen LogP contribution in [0, 0.1) is 0 Å². The van der Waals surface area contributed by atoms with Crippen molar-refractivity contribution in [3.63, 3.8) is 0 Å². The summed E-state index contributed by atoms with van der Waals surface area (Å²) in [6.07, 6.45) is 0. The molecule has 228 valence electrons. The SMILES string of the molecule is CC1(C)c2ccccc2-c2ccc(-c3ccc4c(c3)C(C)(C)c3cc(-c5ccc6ccc7ccc8ccccc8c7c6c5)ccc3-4)cc21. The van der Waals surface area contributed by atoms with Gasteiger partial charge in [0.25, 0.3) is 0 Å². The Morgan fingerprint density at radius 2 is 0.729 bits per heavy atom. The van der Waals surface area contributed by atoms with E-state index in [0.717, 1.165) is 0 Å². The van der Waals surface area contributed by atoms with Gasteiger partial charge in [0, 0.05) is 10.8 Å². The highest BCUT2D eigenvalue weighted by atomic mass is 14.4. The van der Waals surface area contributed by atoms with Crippen LogP contribution in [0.15, 0.2) is 146 Å². The Hall–Kier alpha value is -5.46. The molecule has 0 aromatic heterocycles. The van der Waals surface area contributed by atoms with Gasteiger partial charge in [-0.3, -0.25) is 0 Å². The third-order valence-electron chi connectivity index (χ3n) is 11.7. The molecule has 8 aromatic carbocycles. The zero-order valence-corrected chi connectivity index (χ0v) is 27.9. The Morgan fingerprint density at radius 1 is 0.312 bits per heavy atom. The first-order valence-electron chi connectivity index (χ1n) is 17.2. The van der Waals surface area contributed by atoms with E-state index < -0.39 is 0 Å². The van der Waals surface area contributed by atoms with Gasteiger partial charge in [0.2, 0.25) is 0 Å². The topological polar surface area (TPSA) is 0 Å². The van der Waals surface area contributed by atoms with E-state index in [1.807, 2.05) is 0 Å². The van der Waals surface area contributed by atoms with Crippen molar-refractivity contribution in [2.24, 2.45) is 0 Å². The molecule has 0 fully saturated rings. The fourth-order valence-corrected chi connectivity index (χ4v) is 8.99. The van der Waals surface area contributed by atoms with Crippen molar-refractivity contribution >= 4 is 32.3 Å². The Kier molecular flexibility index (Phi) is 5.50. The summed E-state index contributed by atoms with van der Waals surface area (Å²) >= 11 is 0. The summed E-state index contributed by atoms with van der Waals surface area (Å²) < 4.78 is 0. The Bertz CT molecular complexity index is 2660. The Balaban J connectivity index is 1.06. The molecule has 2 aliphatic carbocycles. The molecule has 8 aromatic rings. The summed E-state index contributed by atoms with van der Waals surface area (Å²) in [7, 11) is 0. The molecule has 0 amide bonds. The molecule has 0 saturated heterocycles. The van der Waals surface area contributed by atoms with Crippen LogP contribution in [0.3, 0.4) is 0 Å². The van der Waals surface area contributed by atoms with Crippen molar-refractivity contribution in [3.05, 3.63) is 168 Å². The van der Waals surface area contributed by atoms with E-state index in [2.05, 4.69) is 173 Å². The van der Waals surface area contributed by atoms with Crippen LogP contribution >= 0.6 is 0 Å². The van der Waals surface area contributed by atoms with E-state index in [9.17, 15) is 0 Å². The quantitative estimate of drug-likeness (QED) is 0.170. The first kappa shape index (κ1) is 27.6. The van der Waals surface area contributed by atoms with Crippen molar-refractivity contribution < 1.29 is 0 Å². The molecule has 0 nitrogen and oxygen atoms in total. The smallest absolute Gasteiger partial charge is 0.0159 e. The third-order valence-corrected chi connectivity index (χ3v) is 11.7. The maximum atomic E-state index is 2.46. The zero-order chi connectivity index (χ0) is 32.4. The predicted molar refractivity (Wildman–Crippen MR) is 205 cm³/mol. The maximum Gasteiger partial charge on any atom is 0.0159 e. The molecule has 2 aliphatic rings. The van der Waals surface area contributed by atoms with Gasteiger partial charge in [-0.25, -0.2) is 0 Å². The normalized spacial score (nSPS) is 15.0. The van der Waals surface area contributed by atoms with Gasteiger partial charge in [-0.2, -0.15) is 0 Å². The van der Waals surface area contributed by atoms with Crippen LogP contribution in [0.1, 0.15) is 49.9 Å². The van der Waals surface area contributed by atoms with Crippen LogP contribution in [-0.2, 0) is 10.8 Å². The van der Waals surface area contributed by atoms with Gasteiger partial charge in [0.15, 0.2) is 0 Å². The minimum Gasteiger partial charge on any atom is -0.0619 e. The van der Waals surface area contributed by atoms with Crippen molar-refractivity contribution in [2.75, 3.05) is 0 Å². The second-order valence-corrected chi connectivity index (χ2v) is 15.0. The van der Waals surface area contributed by atoms with Crippen LogP contribution < -0.4 is 0 Å². The fraction of sp³-hybridized carbons (Fsp3) is 0.125. The summed E-state index contributed by atoms with van der Waals surface area (Å²) in [6.45, 7) is 9.52. The van der Waals surface area contributed by atoms with Crippen LogP contribution in [0.4, 0.5) is 0 Å². The van der Waals surface area contributed by atoms with Crippen LogP contribution in [0.2, 0.25) is 0 Å². The number of rotatable bonds is 2. The average Bonchev–Trinajstić information content (AvgIpc) is 3.49. The first-order chi connectivity index (χ1) is 23.3. The summed E-state index contributed by atoms with van der Waals surface area (Å²) in [4.78, 5) is 0. The molecule has 48 heavy (non-hydrogen) atoms. The number of hydrogen-bond acceptors (Lipinski definition) is 0. The average molecular weight is 613 g/mol. The van der Waals surface area contributed by atoms with E-state index in [1.54, 1.807) is 0 Å². The minimum atomic E-state index is -0.108. The number of fused-ring (bicyclic) bond motifs is 11. The Labute approximate surface area is 282 Å². The third kappa shape index (κ3) is 3.72. The van der Waals surface area contributed by atoms with Gasteiger partial charge in [-0.1, -0.05) is 149 Å². The highest BCUT2D eigenvalue weighted by Gasteiger charge is 2.37. The lowest BCUT2D eigenvalue weighted by Gasteiger charge is -2.23. The lowest BCUT2D eigenvalue weighted by atomic mass is 9.80. The van der Waals surface area contributed by atoms with E-state index >= 15 is 0 Å². The van der Waals surface area contributed by atoms with E-state index in [0.29, 0.717) is 0 Å². The van der Waals surface area contributed by atoms with Crippen LogP contribution in [0.25, 0.3) is 76.8 Å². The largest absolute Gasteiger partial charge is 0.0619 e. The highest BCUT2D eigenvalue weighted by molar-refractivity contribution is 6.20. The second-order valence-electron chi connectivity index (χ2n) is 15.0. The molecule has 0 N–H and O–H groups in total. The molecule has 0 saturated carbocycles. The van der Waals surface area contributed by atoms with Gasteiger partial charge >= 0.3 is 0 Å². The second kappa shape index (κ2) is 9.55. The van der Waals surface area contributed by atoms with E-state index in [4.69, 9.17) is 0 Å². The van der Waals surface area contributed by atoms with E-state index in [1.165, 1.54) is 99.1 Å². The molecule has 0 aliphatic heterocycles. The maximum absolute atomic E-state index is 2.46. The van der Waals surface area contributed by atoms with Crippen molar-refractivity contribution in [1.82, 2.24) is 0 Å². The molecule has 0 spiro atoms. The molecule has 0 heterocycles. The van der Waals surface area contributed by atoms with Crippen molar-refractivity contribution in [1.29, 1.82) is 0 Å². The number of benzene rings is 8. The molecule has 0 atom stereocenters. The van der Waals surface area contributed by atoms with Crippen LogP contribution in [0.5, 0.6) is 0 Å². The monoisotopic (exact) mass is 612 g/mol. The van der Waals surface area contributed by atoms with E-state index in [-0.39, 0.29) is 10.8 Å². The molecular weight excluding hydrogens is 577 g/mol. The molecule has 0 heteroatoms. The Morgan fingerprint density at radius 3 is 1.35 bits per heavy atom. The molecule has 10 rings (SSSR count). The summed E-state index contributed by atoms with van der Waals surface area (Å²) in [6, 6.07) is 55.0. The fourth-order valence-electron chi connectivity index (χ4n) is 8.99. The molecule has 0 unspecified atom stereocenters. The summed E-state index contributed by atoms with van der Waals surface area (Å²) in [5.74, 6) is 0. The van der Waals surface area contributed by atoms with Gasteiger partial charge in [-0.05, 0) is 123 Å². The summed E-state index contributed by atoms with van der Waals surface area (Å²) in [5.41, 5.74) is 16.1. The first-order valence-corrected chi connectivity index (χ1v) is 17.2. The van der Waals surface area contributed by atoms with Crippen molar-refractivity contribution in [2.45, 2.75) is 38.5 Å². The van der Waals surface area contributed by atoms with Gasteiger partial charge < -0.3 is 0 Å². The van der Waals surface area contributed by atoms with Crippen LogP contribution in [-0.4, -0.2) is 0 Å². The molecular formula is C48H36. The van der Waals surface area contributed by atoms with Gasteiger partial charge in [0.1, 0.15) is 0 Å². The minimum absolute atomic E-state index is 0.00722. The lowest BCUT2D eigenvalue weighted by Crippen LogP contribution is -2.15. The molecule has 0 radical (unpaired) electrons. The number of hydrogen-bond donors (Lipinski definition) is 0. The zero-order valence-electron chi connectivity index (χ0n) is 27.9. The predicted octanol–water partition coefficient (Wildman–Crippen LogP) is 13.1.